The van der Waals surface area contributed by atoms with E-state index in [0.717, 1.165) is 16.8 Å². The quantitative estimate of drug-likeness (QED) is 0.598. The third kappa shape index (κ3) is 4.27. The van der Waals surface area contributed by atoms with E-state index in [0.29, 0.717) is 22.9 Å². The van der Waals surface area contributed by atoms with E-state index in [-0.39, 0.29) is 23.8 Å². The molecule has 7 heteroatoms. The van der Waals surface area contributed by atoms with Crippen LogP contribution in [0.1, 0.15) is 55.0 Å². The van der Waals surface area contributed by atoms with Crippen LogP contribution in [0.3, 0.4) is 0 Å². The van der Waals surface area contributed by atoms with E-state index in [2.05, 4.69) is 26.1 Å². The monoisotopic (exact) mass is 464 g/mol. The zero-order chi connectivity index (χ0) is 24.0. The van der Waals surface area contributed by atoms with Gasteiger partial charge in [-0.05, 0) is 49.2 Å². The zero-order valence-corrected chi connectivity index (χ0v) is 20.4. The molecule has 1 aromatic heterocycles. The van der Waals surface area contributed by atoms with Crippen LogP contribution in [0.4, 0.5) is 5.69 Å². The molecule has 0 spiro atoms. The van der Waals surface area contributed by atoms with Crippen molar-refractivity contribution in [3.05, 3.63) is 82.1 Å². The lowest BCUT2D eigenvalue weighted by atomic mass is 9.91. The Morgan fingerprint density at radius 2 is 1.85 bits per heavy atom. The highest BCUT2D eigenvalue weighted by atomic mass is 35.5. The van der Waals surface area contributed by atoms with Gasteiger partial charge in [0.25, 0.3) is 5.91 Å². The van der Waals surface area contributed by atoms with E-state index >= 15 is 0 Å². The number of benzene rings is 2. The maximum absolute atomic E-state index is 13.8. The summed E-state index contributed by atoms with van der Waals surface area (Å²) in [5.41, 5.74) is 2.35. The number of hydrogen-bond acceptors (Lipinski definition) is 3. The van der Waals surface area contributed by atoms with Gasteiger partial charge >= 0.3 is 0 Å². The predicted molar refractivity (Wildman–Crippen MR) is 131 cm³/mol. The van der Waals surface area contributed by atoms with E-state index in [1.54, 1.807) is 34.7 Å². The molecule has 0 aliphatic carbocycles. The molecule has 1 unspecified atom stereocenters. The van der Waals surface area contributed by atoms with Gasteiger partial charge in [-0.2, -0.15) is 5.10 Å². The first kappa shape index (κ1) is 23.1. The van der Waals surface area contributed by atoms with E-state index in [4.69, 9.17) is 16.7 Å². The van der Waals surface area contributed by atoms with Crippen molar-refractivity contribution in [1.82, 2.24) is 15.1 Å². The first-order valence-corrected chi connectivity index (χ1v) is 11.4. The van der Waals surface area contributed by atoms with Crippen LogP contribution < -0.4 is 10.2 Å². The summed E-state index contributed by atoms with van der Waals surface area (Å²) in [6.07, 6.45) is 0. The minimum Gasteiger partial charge on any atom is -0.350 e. The normalized spacial score (nSPS) is 18.2. The van der Waals surface area contributed by atoms with Gasteiger partial charge in [0.15, 0.2) is 0 Å². The summed E-state index contributed by atoms with van der Waals surface area (Å²) in [7, 11) is 0. The smallest absolute Gasteiger partial charge is 0.277 e. The van der Waals surface area contributed by atoms with Crippen molar-refractivity contribution in [1.29, 1.82) is 0 Å². The summed E-state index contributed by atoms with van der Waals surface area (Å²) in [4.78, 5) is 29.1. The van der Waals surface area contributed by atoms with Gasteiger partial charge in [-0.25, -0.2) is 0 Å². The van der Waals surface area contributed by atoms with Crippen LogP contribution in [-0.4, -0.2) is 27.1 Å². The third-order valence-electron chi connectivity index (χ3n) is 6.11. The Morgan fingerprint density at radius 3 is 2.48 bits per heavy atom. The van der Waals surface area contributed by atoms with Gasteiger partial charge in [0, 0.05) is 22.7 Å². The number of nitrogens with one attached hydrogen (secondary N) is 1. The molecule has 6 nitrogen and oxygen atoms in total. The minimum atomic E-state index is -1.18. The second-order valence-corrected chi connectivity index (χ2v) is 10.3. The average Bonchev–Trinajstić information content (AvgIpc) is 3.19. The number of halogens is 1. The molecule has 2 aromatic carbocycles. The highest BCUT2D eigenvalue weighted by Crippen LogP contribution is 2.36. The molecule has 0 bridgehead atoms. The van der Waals surface area contributed by atoms with Crippen molar-refractivity contribution in [3.8, 4) is 0 Å². The Kier molecular flexibility index (Phi) is 5.83. The van der Waals surface area contributed by atoms with Gasteiger partial charge in [-0.15, -0.1) is 0 Å². The fraction of sp³-hybridized carbons (Fsp3) is 0.346. The van der Waals surface area contributed by atoms with Crippen molar-refractivity contribution >= 4 is 29.1 Å². The number of aryl methyl sites for hydroxylation is 1. The molecule has 33 heavy (non-hydrogen) atoms. The summed E-state index contributed by atoms with van der Waals surface area (Å²) in [5.74, 6) is -0.500. The molecule has 0 fully saturated rings. The summed E-state index contributed by atoms with van der Waals surface area (Å²) in [6, 6.07) is 16.9. The Bertz CT molecular complexity index is 1210. The molecule has 1 aliphatic rings. The van der Waals surface area contributed by atoms with Gasteiger partial charge in [-0.3, -0.25) is 19.2 Å². The van der Waals surface area contributed by atoms with E-state index < -0.39 is 5.54 Å². The maximum atomic E-state index is 13.8. The molecular formula is C26H29ClN4O2. The predicted octanol–water partition coefficient (Wildman–Crippen LogP) is 4.88. The SMILES string of the molecule is Cc1cc(Cl)ccc1N1C(=O)c2cc(C(C)(C)C)nn2CC1(C)C(=O)NCc1ccccc1. The summed E-state index contributed by atoms with van der Waals surface area (Å²) in [6.45, 7) is 10.5. The van der Waals surface area contributed by atoms with E-state index in [1.165, 1.54) is 0 Å². The molecule has 4 rings (SSSR count). The van der Waals surface area contributed by atoms with Crippen LogP contribution in [-0.2, 0) is 23.3 Å². The van der Waals surface area contributed by atoms with Crippen LogP contribution in [0.15, 0.2) is 54.6 Å². The molecule has 0 radical (unpaired) electrons. The lowest BCUT2D eigenvalue weighted by Gasteiger charge is -2.43. The van der Waals surface area contributed by atoms with Crippen molar-refractivity contribution < 1.29 is 9.59 Å². The van der Waals surface area contributed by atoms with Crippen molar-refractivity contribution in [2.75, 3.05) is 4.90 Å². The molecule has 1 atom stereocenters. The highest BCUT2D eigenvalue weighted by molar-refractivity contribution is 6.30. The largest absolute Gasteiger partial charge is 0.350 e. The summed E-state index contributed by atoms with van der Waals surface area (Å²) in [5, 5.41) is 8.31. The third-order valence-corrected chi connectivity index (χ3v) is 6.34. The summed E-state index contributed by atoms with van der Waals surface area (Å²) < 4.78 is 1.67. The van der Waals surface area contributed by atoms with Crippen molar-refractivity contribution in [3.63, 3.8) is 0 Å². The van der Waals surface area contributed by atoms with E-state index in [1.807, 2.05) is 43.3 Å². The average molecular weight is 465 g/mol. The molecular weight excluding hydrogens is 436 g/mol. The molecule has 2 amide bonds. The number of carbonyl (C=O) groups excluding carboxylic acids is 2. The van der Waals surface area contributed by atoms with Gasteiger partial charge in [-0.1, -0.05) is 62.7 Å². The molecule has 0 saturated heterocycles. The summed E-state index contributed by atoms with van der Waals surface area (Å²) >= 11 is 6.18. The number of nitrogens with zero attached hydrogens (tertiary/aromatic N) is 3. The Balaban J connectivity index is 1.78. The van der Waals surface area contributed by atoms with Gasteiger partial charge in [0.05, 0.1) is 12.2 Å². The van der Waals surface area contributed by atoms with Gasteiger partial charge in [0.2, 0.25) is 5.91 Å². The second kappa shape index (κ2) is 8.34. The standard InChI is InChI=1S/C26H29ClN4O2/c1-17-13-19(27)11-12-20(17)31-23(32)21-14-22(25(2,3)4)29-30(21)16-26(31,5)24(33)28-15-18-9-7-6-8-10-18/h6-14H,15-16H2,1-5H3,(H,28,33). The van der Waals surface area contributed by atoms with Gasteiger partial charge in [0.1, 0.15) is 11.2 Å². The lowest BCUT2D eigenvalue weighted by Crippen LogP contribution is -2.64. The number of fused-ring (bicyclic) bond motifs is 1. The molecule has 1 N–H and O–H groups in total. The minimum absolute atomic E-state index is 0.225. The van der Waals surface area contributed by atoms with E-state index in [9.17, 15) is 9.59 Å². The number of carbonyl (C=O) groups is 2. The zero-order valence-electron chi connectivity index (χ0n) is 19.6. The molecule has 2 heterocycles. The fourth-order valence-electron chi connectivity index (χ4n) is 4.16. The van der Waals surface area contributed by atoms with Crippen LogP contribution >= 0.6 is 11.6 Å². The molecule has 1 aliphatic heterocycles. The lowest BCUT2D eigenvalue weighted by molar-refractivity contribution is -0.126. The maximum Gasteiger partial charge on any atom is 0.277 e. The van der Waals surface area contributed by atoms with Crippen molar-refractivity contribution in [2.24, 2.45) is 0 Å². The molecule has 3 aromatic rings. The number of aromatic nitrogens is 2. The number of anilines is 1. The molecule has 0 saturated carbocycles. The first-order chi connectivity index (χ1) is 15.5. The van der Waals surface area contributed by atoms with Crippen LogP contribution in [0.5, 0.6) is 0 Å². The van der Waals surface area contributed by atoms with Gasteiger partial charge < -0.3 is 5.32 Å². The number of amides is 2. The van der Waals surface area contributed by atoms with Crippen LogP contribution in [0, 0.1) is 6.92 Å². The number of hydrogen-bond donors (Lipinski definition) is 1. The first-order valence-electron chi connectivity index (χ1n) is 11.0. The number of rotatable bonds is 4. The second-order valence-electron chi connectivity index (χ2n) is 9.84. The van der Waals surface area contributed by atoms with Crippen molar-refractivity contribution in [2.45, 2.75) is 58.7 Å². The van der Waals surface area contributed by atoms with Crippen LogP contribution in [0.25, 0.3) is 0 Å². The Hall–Kier alpha value is -3.12. The highest BCUT2D eigenvalue weighted by Gasteiger charge is 2.49. The fourth-order valence-corrected chi connectivity index (χ4v) is 4.39. The molecule has 172 valence electrons. The Morgan fingerprint density at radius 1 is 1.15 bits per heavy atom. The topological polar surface area (TPSA) is 67.2 Å². The Labute approximate surface area is 199 Å². The van der Waals surface area contributed by atoms with Crippen LogP contribution in [0.2, 0.25) is 5.02 Å².